The molecule has 0 bridgehead atoms. The van der Waals surface area contributed by atoms with Crippen molar-refractivity contribution < 1.29 is 4.79 Å². The molecule has 9 heteroatoms. The Morgan fingerprint density at radius 2 is 2.04 bits per heavy atom. The molecule has 1 N–H and O–H groups in total. The quantitative estimate of drug-likeness (QED) is 0.515. The number of hydrogen-bond donors (Lipinski definition) is 1. The molecule has 0 saturated carbocycles. The van der Waals surface area contributed by atoms with Crippen LogP contribution in [0, 0.1) is 0 Å². The monoisotopic (exact) mass is 443 g/mol. The van der Waals surface area contributed by atoms with Crippen LogP contribution in [0.25, 0.3) is 0 Å². The second kappa shape index (κ2) is 11.0. The lowest BCUT2D eigenvalue weighted by atomic mass is 10.2. The Morgan fingerprint density at radius 3 is 2.68 bits per heavy atom. The molecule has 1 atom stereocenters. The minimum atomic E-state index is -0.166. The molecular formula is C19H27Cl2N5OS. The zero-order chi connectivity index (χ0) is 20.7. The summed E-state index contributed by atoms with van der Waals surface area (Å²) in [4.78, 5) is 14.5. The number of hydrogen-bond acceptors (Lipinski definition) is 5. The Morgan fingerprint density at radius 1 is 1.29 bits per heavy atom. The van der Waals surface area contributed by atoms with Gasteiger partial charge in [0.2, 0.25) is 5.91 Å². The zero-order valence-electron chi connectivity index (χ0n) is 16.7. The third-order valence-electron chi connectivity index (χ3n) is 4.35. The molecule has 0 saturated heterocycles. The van der Waals surface area contributed by atoms with Crippen molar-refractivity contribution in [1.82, 2.24) is 19.7 Å². The number of carbonyl (C=O) groups is 1. The highest BCUT2D eigenvalue weighted by atomic mass is 35.5. The van der Waals surface area contributed by atoms with Crippen molar-refractivity contribution in [2.45, 2.75) is 50.9 Å². The fraction of sp³-hybridized carbons (Fsp3) is 0.526. The van der Waals surface area contributed by atoms with E-state index in [9.17, 15) is 4.79 Å². The molecule has 1 unspecified atom stereocenters. The molecule has 0 aliphatic carbocycles. The van der Waals surface area contributed by atoms with Gasteiger partial charge < -0.3 is 9.88 Å². The van der Waals surface area contributed by atoms with E-state index in [1.807, 2.05) is 14.1 Å². The largest absolute Gasteiger partial charge is 0.324 e. The van der Waals surface area contributed by atoms with Crippen molar-refractivity contribution in [2.24, 2.45) is 0 Å². The van der Waals surface area contributed by atoms with E-state index in [-0.39, 0.29) is 17.7 Å². The first-order valence-corrected chi connectivity index (χ1v) is 11.1. The molecule has 0 aliphatic rings. The first-order valence-electron chi connectivity index (χ1n) is 9.35. The number of nitrogens with one attached hydrogen (secondary N) is 1. The van der Waals surface area contributed by atoms with Crippen LogP contribution in [0.3, 0.4) is 0 Å². The zero-order valence-corrected chi connectivity index (χ0v) is 19.0. The summed E-state index contributed by atoms with van der Waals surface area (Å²) >= 11 is 13.5. The minimum Gasteiger partial charge on any atom is -0.324 e. The number of benzene rings is 1. The molecule has 0 radical (unpaired) electrons. The fourth-order valence-corrected chi connectivity index (χ4v) is 3.99. The summed E-state index contributed by atoms with van der Waals surface area (Å²) in [5.41, 5.74) is 0.506. The van der Waals surface area contributed by atoms with Crippen molar-refractivity contribution in [1.29, 1.82) is 0 Å². The van der Waals surface area contributed by atoms with Gasteiger partial charge in [0.1, 0.15) is 0 Å². The number of nitrogens with zero attached hydrogens (tertiary/aromatic N) is 4. The summed E-state index contributed by atoms with van der Waals surface area (Å²) in [6.45, 7) is 5.13. The van der Waals surface area contributed by atoms with E-state index in [1.165, 1.54) is 11.8 Å². The first kappa shape index (κ1) is 23.0. The van der Waals surface area contributed by atoms with Crippen LogP contribution in [0.1, 0.15) is 45.0 Å². The van der Waals surface area contributed by atoms with E-state index in [1.54, 1.807) is 18.2 Å². The van der Waals surface area contributed by atoms with Gasteiger partial charge in [0.15, 0.2) is 11.0 Å². The third-order valence-corrected chi connectivity index (χ3v) is 6.13. The van der Waals surface area contributed by atoms with Gasteiger partial charge in [-0.25, -0.2) is 0 Å². The lowest BCUT2D eigenvalue weighted by Crippen LogP contribution is -2.23. The van der Waals surface area contributed by atoms with E-state index in [0.29, 0.717) is 15.7 Å². The number of aromatic nitrogens is 3. The van der Waals surface area contributed by atoms with Crippen LogP contribution in [-0.4, -0.2) is 45.4 Å². The Hall–Kier alpha value is -1.28. The molecule has 1 aromatic carbocycles. The molecule has 6 nitrogen and oxygen atoms in total. The van der Waals surface area contributed by atoms with Crippen LogP contribution < -0.4 is 5.32 Å². The van der Waals surface area contributed by atoms with Crippen molar-refractivity contribution in [3.05, 3.63) is 34.1 Å². The molecular weight excluding hydrogens is 417 g/mol. The summed E-state index contributed by atoms with van der Waals surface area (Å²) < 4.78 is 2.14. The molecule has 1 amide bonds. The molecule has 0 fully saturated rings. The van der Waals surface area contributed by atoms with Crippen molar-refractivity contribution >= 4 is 46.6 Å². The maximum absolute atomic E-state index is 12.4. The molecule has 2 aromatic rings. The molecule has 0 aliphatic heterocycles. The SMILES string of the molecule is CCCCn1c(SCC(=O)Nc2cccc(Cl)c2Cl)nnc1C(CC)N(C)C. The minimum absolute atomic E-state index is 0.166. The molecule has 154 valence electrons. The number of thioether (sulfide) groups is 1. The third kappa shape index (κ3) is 5.86. The van der Waals surface area contributed by atoms with Crippen molar-refractivity contribution in [3.8, 4) is 0 Å². The Balaban J connectivity index is 2.11. The Kier molecular flexibility index (Phi) is 9.08. The van der Waals surface area contributed by atoms with Gasteiger partial charge in [-0.3, -0.25) is 9.69 Å². The molecule has 1 heterocycles. The lowest BCUT2D eigenvalue weighted by molar-refractivity contribution is -0.113. The highest BCUT2D eigenvalue weighted by molar-refractivity contribution is 7.99. The average Bonchev–Trinajstić information content (AvgIpc) is 3.05. The van der Waals surface area contributed by atoms with Gasteiger partial charge in [-0.15, -0.1) is 10.2 Å². The normalized spacial score (nSPS) is 12.4. The van der Waals surface area contributed by atoms with Crippen LogP contribution in [-0.2, 0) is 11.3 Å². The van der Waals surface area contributed by atoms with E-state index < -0.39 is 0 Å². The molecule has 0 spiro atoms. The maximum atomic E-state index is 12.4. The van der Waals surface area contributed by atoms with Crippen LogP contribution in [0.5, 0.6) is 0 Å². The van der Waals surface area contributed by atoms with Crippen LogP contribution in [0.4, 0.5) is 5.69 Å². The van der Waals surface area contributed by atoms with Gasteiger partial charge in [0.25, 0.3) is 0 Å². The summed E-state index contributed by atoms with van der Waals surface area (Å²) in [5, 5.41) is 13.1. The second-order valence-corrected chi connectivity index (χ2v) is 8.40. The second-order valence-electron chi connectivity index (χ2n) is 6.67. The lowest BCUT2D eigenvalue weighted by Gasteiger charge is -2.23. The topological polar surface area (TPSA) is 63.1 Å². The predicted octanol–water partition coefficient (Wildman–Crippen LogP) is 5.13. The van der Waals surface area contributed by atoms with Gasteiger partial charge in [0.05, 0.1) is 27.5 Å². The van der Waals surface area contributed by atoms with Crippen LogP contribution in [0.2, 0.25) is 10.0 Å². The maximum Gasteiger partial charge on any atom is 0.234 e. The van der Waals surface area contributed by atoms with E-state index in [2.05, 4.69) is 38.8 Å². The predicted molar refractivity (Wildman–Crippen MR) is 117 cm³/mol. The molecule has 2 rings (SSSR count). The Labute approximate surface area is 181 Å². The number of unbranched alkanes of at least 4 members (excludes halogenated alkanes) is 1. The van der Waals surface area contributed by atoms with Crippen molar-refractivity contribution in [2.75, 3.05) is 25.2 Å². The fourth-order valence-electron chi connectivity index (χ4n) is 2.88. The number of anilines is 1. The number of carbonyl (C=O) groups excluding carboxylic acids is 1. The average molecular weight is 444 g/mol. The first-order chi connectivity index (χ1) is 13.4. The summed E-state index contributed by atoms with van der Waals surface area (Å²) in [6.07, 6.45) is 3.05. The van der Waals surface area contributed by atoms with E-state index >= 15 is 0 Å². The van der Waals surface area contributed by atoms with Crippen molar-refractivity contribution in [3.63, 3.8) is 0 Å². The number of rotatable bonds is 10. The molecule has 28 heavy (non-hydrogen) atoms. The summed E-state index contributed by atoms with van der Waals surface area (Å²) in [5.74, 6) is 0.994. The molecule has 1 aromatic heterocycles. The smallest absolute Gasteiger partial charge is 0.234 e. The highest BCUT2D eigenvalue weighted by Gasteiger charge is 2.22. The van der Waals surface area contributed by atoms with Gasteiger partial charge in [-0.1, -0.05) is 61.3 Å². The van der Waals surface area contributed by atoms with Gasteiger partial charge in [-0.2, -0.15) is 0 Å². The Bertz CT molecular complexity index is 797. The van der Waals surface area contributed by atoms with Gasteiger partial charge in [0, 0.05) is 6.54 Å². The summed E-state index contributed by atoms with van der Waals surface area (Å²) in [6, 6.07) is 5.34. The van der Waals surface area contributed by atoms with E-state index in [4.69, 9.17) is 23.2 Å². The number of halogens is 2. The highest BCUT2D eigenvalue weighted by Crippen LogP contribution is 2.30. The van der Waals surface area contributed by atoms with Crippen LogP contribution in [0.15, 0.2) is 23.4 Å². The summed E-state index contributed by atoms with van der Waals surface area (Å²) in [7, 11) is 4.09. The standard InChI is InChI=1S/C19H27Cl2N5OS/c1-5-7-11-26-18(15(6-2)25(3)4)23-24-19(26)28-12-16(27)22-14-10-8-9-13(20)17(14)21/h8-10,15H,5-7,11-12H2,1-4H3,(H,22,27). The van der Waals surface area contributed by atoms with Gasteiger partial charge >= 0.3 is 0 Å². The van der Waals surface area contributed by atoms with Crippen LogP contribution >= 0.6 is 35.0 Å². The van der Waals surface area contributed by atoms with E-state index in [0.717, 1.165) is 36.8 Å². The number of amides is 1. The van der Waals surface area contributed by atoms with Gasteiger partial charge in [-0.05, 0) is 39.1 Å².